The third-order valence-corrected chi connectivity index (χ3v) is 5.08. The fourth-order valence-corrected chi connectivity index (χ4v) is 3.61. The Morgan fingerprint density at radius 1 is 1.00 bits per heavy atom. The molecule has 108 valence electrons. The summed E-state index contributed by atoms with van der Waals surface area (Å²) in [7, 11) is 0. The van der Waals surface area contributed by atoms with Crippen LogP contribution in [0.15, 0.2) is 59.1 Å². The van der Waals surface area contributed by atoms with Gasteiger partial charge in [0.15, 0.2) is 0 Å². The topological polar surface area (TPSA) is 37.8 Å². The molecular weight excluding hydrogens is 310 g/mol. The van der Waals surface area contributed by atoms with E-state index in [4.69, 9.17) is 0 Å². The van der Waals surface area contributed by atoms with E-state index < -0.39 is 0 Å². The van der Waals surface area contributed by atoms with Gasteiger partial charge in [-0.2, -0.15) is 0 Å². The van der Waals surface area contributed by atoms with Crippen LogP contribution in [0.25, 0.3) is 21.1 Å². The lowest BCUT2D eigenvalue weighted by Crippen LogP contribution is -1.92. The Bertz CT molecular complexity index is 962. The quantitative estimate of drug-likeness (QED) is 0.518. The van der Waals surface area contributed by atoms with Gasteiger partial charge in [-0.25, -0.2) is 4.98 Å². The molecule has 3 nitrogen and oxygen atoms in total. The number of thioether (sulfide) groups is 1. The maximum Gasteiger partial charge on any atom is 0.0813 e. The minimum absolute atomic E-state index is 1.00. The number of fused-ring (bicyclic) bond motifs is 2. The molecule has 0 aliphatic heterocycles. The number of nitrogens with zero attached hydrogens (tertiary/aromatic N) is 2. The van der Waals surface area contributed by atoms with Gasteiger partial charge in [-0.15, -0.1) is 23.1 Å². The molecule has 1 N–H and O–H groups in total. The largest absolute Gasteiger partial charge is 0.355 e. The normalized spacial score (nSPS) is 11.1. The summed E-state index contributed by atoms with van der Waals surface area (Å²) in [5.74, 6) is 0. The van der Waals surface area contributed by atoms with E-state index >= 15 is 0 Å². The van der Waals surface area contributed by atoms with Crippen LogP contribution in [0, 0.1) is 0 Å². The van der Waals surface area contributed by atoms with Gasteiger partial charge >= 0.3 is 0 Å². The zero-order valence-electron chi connectivity index (χ0n) is 11.9. The van der Waals surface area contributed by atoms with Crippen LogP contribution in [0.1, 0.15) is 0 Å². The highest BCUT2D eigenvalue weighted by Gasteiger charge is 2.05. The second-order valence-electron chi connectivity index (χ2n) is 4.90. The van der Waals surface area contributed by atoms with Crippen LogP contribution < -0.4 is 5.32 Å². The maximum absolute atomic E-state index is 4.44. The second-order valence-corrected chi connectivity index (χ2v) is 6.67. The van der Waals surface area contributed by atoms with E-state index in [1.54, 1.807) is 23.1 Å². The van der Waals surface area contributed by atoms with E-state index in [0.29, 0.717) is 0 Å². The van der Waals surface area contributed by atoms with Gasteiger partial charge in [-0.1, -0.05) is 0 Å². The molecular formula is C17H13N3S2. The highest BCUT2D eigenvalue weighted by Crippen LogP contribution is 2.30. The molecule has 0 amide bonds. The van der Waals surface area contributed by atoms with Gasteiger partial charge in [-0.05, 0) is 48.7 Å². The first-order chi connectivity index (χ1) is 10.8. The molecule has 2 heterocycles. The molecule has 0 aliphatic rings. The Labute approximate surface area is 136 Å². The summed E-state index contributed by atoms with van der Waals surface area (Å²) in [5, 5.41) is 4.65. The molecule has 0 radical (unpaired) electrons. The number of benzene rings is 2. The molecule has 5 heteroatoms. The van der Waals surface area contributed by atoms with Gasteiger partial charge in [0.25, 0.3) is 0 Å². The molecule has 0 aliphatic carbocycles. The SMILES string of the molecule is CSc1ccc2nccc(Nc3ccc4ncsc4c3)c2c1. The number of pyridine rings is 1. The third-order valence-electron chi connectivity index (χ3n) is 3.56. The minimum atomic E-state index is 1.00. The van der Waals surface area contributed by atoms with Crippen molar-refractivity contribution >= 4 is 55.6 Å². The van der Waals surface area contributed by atoms with Crippen molar-refractivity contribution in [2.75, 3.05) is 11.6 Å². The Morgan fingerprint density at radius 3 is 2.82 bits per heavy atom. The van der Waals surface area contributed by atoms with E-state index in [2.05, 4.69) is 51.9 Å². The molecule has 0 saturated carbocycles. The molecule has 0 saturated heterocycles. The summed E-state index contributed by atoms with van der Waals surface area (Å²) in [6, 6.07) is 14.6. The Balaban J connectivity index is 1.79. The summed E-state index contributed by atoms with van der Waals surface area (Å²) in [5.41, 5.74) is 6.06. The standard InChI is InChI=1S/C17H13N3S2/c1-21-12-3-5-14-13(9-12)15(6-7-18-14)20-11-2-4-16-17(8-11)22-10-19-16/h2-10H,1H3,(H,18,20). The average molecular weight is 323 g/mol. The van der Waals surface area contributed by atoms with Crippen molar-refractivity contribution in [1.82, 2.24) is 9.97 Å². The Morgan fingerprint density at radius 2 is 1.91 bits per heavy atom. The molecule has 0 spiro atoms. The fourth-order valence-electron chi connectivity index (χ4n) is 2.45. The lowest BCUT2D eigenvalue weighted by molar-refractivity contribution is 1.38. The third kappa shape index (κ3) is 2.42. The van der Waals surface area contributed by atoms with E-state index in [1.807, 2.05) is 23.8 Å². The first-order valence-electron chi connectivity index (χ1n) is 6.86. The molecule has 2 aromatic carbocycles. The average Bonchev–Trinajstić information content (AvgIpc) is 3.02. The minimum Gasteiger partial charge on any atom is -0.355 e. The van der Waals surface area contributed by atoms with Crippen molar-refractivity contribution in [2.45, 2.75) is 4.90 Å². The van der Waals surface area contributed by atoms with Crippen molar-refractivity contribution in [3.8, 4) is 0 Å². The van der Waals surface area contributed by atoms with Gasteiger partial charge in [-0.3, -0.25) is 4.98 Å². The van der Waals surface area contributed by atoms with Crippen molar-refractivity contribution in [1.29, 1.82) is 0 Å². The maximum atomic E-state index is 4.44. The van der Waals surface area contributed by atoms with Crippen molar-refractivity contribution in [2.24, 2.45) is 0 Å². The fraction of sp³-hybridized carbons (Fsp3) is 0.0588. The number of nitrogens with one attached hydrogen (secondary N) is 1. The van der Waals surface area contributed by atoms with Gasteiger partial charge in [0.1, 0.15) is 0 Å². The zero-order chi connectivity index (χ0) is 14.9. The summed E-state index contributed by atoms with van der Waals surface area (Å²) in [6.07, 6.45) is 3.93. The number of anilines is 2. The lowest BCUT2D eigenvalue weighted by Gasteiger charge is -2.10. The van der Waals surface area contributed by atoms with Crippen LogP contribution in [0.3, 0.4) is 0 Å². The number of rotatable bonds is 3. The zero-order valence-corrected chi connectivity index (χ0v) is 13.5. The number of thiazole rings is 1. The van der Waals surface area contributed by atoms with Crippen LogP contribution in [0.2, 0.25) is 0 Å². The molecule has 0 unspecified atom stereocenters. The second kappa shape index (κ2) is 5.59. The smallest absolute Gasteiger partial charge is 0.0813 e. The van der Waals surface area contributed by atoms with Crippen molar-refractivity contribution in [3.05, 3.63) is 54.2 Å². The number of aromatic nitrogens is 2. The summed E-state index contributed by atoms with van der Waals surface area (Å²) < 4.78 is 1.19. The highest BCUT2D eigenvalue weighted by molar-refractivity contribution is 7.98. The first-order valence-corrected chi connectivity index (χ1v) is 8.97. The van der Waals surface area contributed by atoms with Crippen LogP contribution >= 0.6 is 23.1 Å². The van der Waals surface area contributed by atoms with Crippen molar-refractivity contribution < 1.29 is 0 Å². The summed E-state index contributed by atoms with van der Waals surface area (Å²) >= 11 is 3.39. The van der Waals surface area contributed by atoms with Crippen LogP contribution in [-0.2, 0) is 0 Å². The van der Waals surface area contributed by atoms with Crippen LogP contribution in [0.5, 0.6) is 0 Å². The monoisotopic (exact) mass is 323 g/mol. The molecule has 0 atom stereocenters. The van der Waals surface area contributed by atoms with Crippen LogP contribution in [-0.4, -0.2) is 16.2 Å². The van der Waals surface area contributed by atoms with E-state index in [9.17, 15) is 0 Å². The van der Waals surface area contributed by atoms with E-state index in [-0.39, 0.29) is 0 Å². The van der Waals surface area contributed by atoms with E-state index in [1.165, 1.54) is 9.60 Å². The lowest BCUT2D eigenvalue weighted by atomic mass is 10.2. The van der Waals surface area contributed by atoms with Gasteiger partial charge in [0.2, 0.25) is 0 Å². The Kier molecular flexibility index (Phi) is 3.44. The molecule has 2 aromatic heterocycles. The predicted molar refractivity (Wildman–Crippen MR) is 96.4 cm³/mol. The number of hydrogen-bond donors (Lipinski definition) is 1. The molecule has 0 fully saturated rings. The number of hydrogen-bond acceptors (Lipinski definition) is 5. The van der Waals surface area contributed by atoms with Gasteiger partial charge in [0, 0.05) is 27.9 Å². The summed E-state index contributed by atoms with van der Waals surface area (Å²) in [6.45, 7) is 0. The van der Waals surface area contributed by atoms with E-state index in [0.717, 1.165) is 27.8 Å². The molecule has 4 rings (SSSR count). The Hall–Kier alpha value is -2.11. The molecule has 0 bridgehead atoms. The molecule has 22 heavy (non-hydrogen) atoms. The van der Waals surface area contributed by atoms with Gasteiger partial charge < -0.3 is 5.32 Å². The van der Waals surface area contributed by atoms with Crippen LogP contribution in [0.4, 0.5) is 11.4 Å². The van der Waals surface area contributed by atoms with Crippen molar-refractivity contribution in [3.63, 3.8) is 0 Å². The van der Waals surface area contributed by atoms with Gasteiger partial charge in [0.05, 0.1) is 21.2 Å². The molecule has 4 aromatic rings. The first kappa shape index (κ1) is 13.5. The highest BCUT2D eigenvalue weighted by atomic mass is 32.2. The summed E-state index contributed by atoms with van der Waals surface area (Å²) in [4.78, 5) is 10.00. The predicted octanol–water partition coefficient (Wildman–Crippen LogP) is 5.31.